The number of nitrogens with two attached hydrogens (primary N) is 1. The number of nitrogens with zero attached hydrogens (tertiary/aromatic N) is 3. The molecule has 196 valence electrons. The molecule has 3 aliphatic rings. The van der Waals surface area contributed by atoms with Gasteiger partial charge < -0.3 is 26.1 Å². The van der Waals surface area contributed by atoms with Crippen LogP contribution in [0, 0.1) is 5.82 Å². The molecule has 0 saturated carbocycles. The van der Waals surface area contributed by atoms with E-state index in [-0.39, 0.29) is 5.56 Å². The highest BCUT2D eigenvalue weighted by atomic mass is 19.1. The molecule has 0 spiro atoms. The van der Waals surface area contributed by atoms with Crippen LogP contribution in [0.5, 0.6) is 5.75 Å². The van der Waals surface area contributed by atoms with Gasteiger partial charge in [-0.2, -0.15) is 4.98 Å². The molecule has 38 heavy (non-hydrogen) atoms. The number of fused-ring (bicyclic) bond motifs is 1. The monoisotopic (exact) mass is 515 g/mol. The predicted molar refractivity (Wildman–Crippen MR) is 147 cm³/mol. The van der Waals surface area contributed by atoms with E-state index in [1.165, 1.54) is 17.7 Å². The summed E-state index contributed by atoms with van der Waals surface area (Å²) in [5.41, 5.74) is 9.65. The minimum atomic E-state index is -0.750. The number of benzene rings is 2. The molecule has 2 aromatic rings. The summed E-state index contributed by atoms with van der Waals surface area (Å²) in [7, 11) is 1.63. The first-order valence-corrected chi connectivity index (χ1v) is 12.5. The van der Waals surface area contributed by atoms with Gasteiger partial charge in [-0.25, -0.2) is 9.37 Å². The third kappa shape index (κ3) is 5.30. The Morgan fingerprint density at radius 3 is 2.82 bits per heavy atom. The number of nitrogens with one attached hydrogen (secondary N) is 3. The second kappa shape index (κ2) is 10.9. The number of aromatic nitrogens is 3. The summed E-state index contributed by atoms with van der Waals surface area (Å²) < 4.78 is 19.4. The van der Waals surface area contributed by atoms with Crippen LogP contribution in [-0.2, 0) is 0 Å². The van der Waals surface area contributed by atoms with Crippen LogP contribution < -0.4 is 21.1 Å². The van der Waals surface area contributed by atoms with Gasteiger partial charge in [0.2, 0.25) is 5.95 Å². The fraction of sp³-hybridized carbons (Fsp3) is 0.250. The van der Waals surface area contributed by atoms with Crippen LogP contribution in [0.15, 0.2) is 54.7 Å². The van der Waals surface area contributed by atoms with E-state index in [9.17, 15) is 9.18 Å². The second-order valence-electron chi connectivity index (χ2n) is 9.15. The topological polar surface area (TPSA) is 121 Å². The molecule has 0 atom stereocenters. The van der Waals surface area contributed by atoms with E-state index in [4.69, 9.17) is 10.5 Å². The molecule has 3 aliphatic heterocycles. The van der Waals surface area contributed by atoms with E-state index in [0.717, 1.165) is 49.8 Å². The number of amides is 1. The smallest absolute Gasteiger partial charge is 0.250 e. The van der Waals surface area contributed by atoms with Crippen LogP contribution in [-0.4, -0.2) is 52.5 Å². The number of hydrogen-bond donors (Lipinski definition) is 4. The Balaban J connectivity index is 1.44. The highest BCUT2D eigenvalue weighted by molar-refractivity contribution is 5.99. The molecule has 0 fully saturated rings. The Morgan fingerprint density at radius 2 is 2.03 bits per heavy atom. The van der Waals surface area contributed by atoms with Crippen molar-refractivity contribution < 1.29 is 13.9 Å². The van der Waals surface area contributed by atoms with Crippen molar-refractivity contribution in [2.24, 2.45) is 5.73 Å². The summed E-state index contributed by atoms with van der Waals surface area (Å²) in [6.45, 7) is 5.29. The molecule has 3 heterocycles. The van der Waals surface area contributed by atoms with Gasteiger partial charge in [-0.1, -0.05) is 19.1 Å². The Bertz CT molecular complexity index is 1470. The van der Waals surface area contributed by atoms with Gasteiger partial charge >= 0.3 is 0 Å². The number of rotatable bonds is 9. The van der Waals surface area contributed by atoms with Crippen LogP contribution in [0.2, 0.25) is 0 Å². The van der Waals surface area contributed by atoms with Crippen molar-refractivity contribution in [3.8, 4) is 17.1 Å². The van der Waals surface area contributed by atoms with Gasteiger partial charge in [0.1, 0.15) is 23.2 Å². The molecular weight excluding hydrogens is 485 g/mol. The maximum absolute atomic E-state index is 13.7. The maximum atomic E-state index is 13.7. The molecule has 10 heteroatoms. The van der Waals surface area contributed by atoms with Crippen molar-refractivity contribution in [1.82, 2.24) is 19.9 Å². The molecule has 2 aromatic carbocycles. The first-order valence-electron chi connectivity index (χ1n) is 12.5. The van der Waals surface area contributed by atoms with Crippen molar-refractivity contribution in [2.75, 3.05) is 37.4 Å². The van der Waals surface area contributed by atoms with Gasteiger partial charge in [0.25, 0.3) is 5.91 Å². The summed E-state index contributed by atoms with van der Waals surface area (Å²) in [6, 6.07) is 11.6. The number of primary amides is 1. The zero-order chi connectivity index (χ0) is 26.6. The van der Waals surface area contributed by atoms with Crippen LogP contribution in [0.1, 0.15) is 35.7 Å². The Morgan fingerprint density at radius 1 is 1.18 bits per heavy atom. The standard InChI is InChI=1S/C28H30FN7O2/c1-3-12-36-13-4-5-18(16-36)17-6-8-23(24(14-17)38-2)33-28-34-26-20(10-11-31-26)27(35-28)32-22-9-7-19(29)15-21(22)25(30)37/h5-11,14-15H,3-4,12-13,16H2,1-2H3,(H2,30,37)(H3,31,32,33,34,35). The van der Waals surface area contributed by atoms with Crippen molar-refractivity contribution in [3.05, 3.63) is 71.7 Å². The number of carbonyl (C=O) groups is 1. The van der Waals surface area contributed by atoms with E-state index in [1.54, 1.807) is 19.4 Å². The van der Waals surface area contributed by atoms with Crippen molar-refractivity contribution in [2.45, 2.75) is 19.8 Å². The van der Waals surface area contributed by atoms with Crippen LogP contribution in [0.3, 0.4) is 0 Å². The fourth-order valence-corrected chi connectivity index (χ4v) is 4.69. The van der Waals surface area contributed by atoms with E-state index in [2.05, 4.69) is 49.6 Å². The summed E-state index contributed by atoms with van der Waals surface area (Å²) in [6.07, 6.45) is 6.11. The molecule has 0 aliphatic carbocycles. The zero-order valence-electron chi connectivity index (χ0n) is 21.3. The molecule has 1 amide bonds. The van der Waals surface area contributed by atoms with E-state index >= 15 is 0 Å². The number of aromatic amines is 1. The van der Waals surface area contributed by atoms with Crippen LogP contribution in [0.25, 0.3) is 17.0 Å². The van der Waals surface area contributed by atoms with Gasteiger partial charge in [-0.15, -0.1) is 0 Å². The summed E-state index contributed by atoms with van der Waals surface area (Å²) in [5.74, 6) is 0.766. The van der Waals surface area contributed by atoms with E-state index in [0.29, 0.717) is 34.6 Å². The minimum absolute atomic E-state index is 0.0218. The third-order valence-electron chi connectivity index (χ3n) is 6.51. The van der Waals surface area contributed by atoms with Crippen molar-refractivity contribution >= 4 is 34.6 Å². The molecule has 5 rings (SSSR count). The number of ether oxygens (including phenoxy) is 1. The number of methoxy groups -OCH3 is 1. The number of H-pyrrole nitrogens is 1. The Kier molecular flexibility index (Phi) is 7.23. The van der Waals surface area contributed by atoms with Crippen LogP contribution >= 0.6 is 0 Å². The van der Waals surface area contributed by atoms with Gasteiger partial charge in [-0.05, 0) is 66.9 Å². The third-order valence-corrected chi connectivity index (χ3v) is 6.51. The SMILES string of the molecule is CCCN1CCC=C(c2ccc(Nc3nc(Nc4ccc(F)cc4C(N)=O)c4ccnc-4[nH]3)c(OC)c2)C1. The molecule has 0 radical (unpaired) electrons. The number of halogens is 1. The number of carbonyl (C=O) groups excluding carboxylic acids is 1. The van der Waals surface area contributed by atoms with Crippen molar-refractivity contribution in [3.63, 3.8) is 0 Å². The fourth-order valence-electron chi connectivity index (χ4n) is 4.69. The Labute approximate surface area is 220 Å². The van der Waals surface area contributed by atoms with E-state index in [1.807, 2.05) is 12.1 Å². The lowest BCUT2D eigenvalue weighted by atomic mass is 10.00. The lowest BCUT2D eigenvalue weighted by Gasteiger charge is -2.27. The first-order chi connectivity index (χ1) is 18.4. The van der Waals surface area contributed by atoms with Gasteiger partial charge in [0.15, 0.2) is 0 Å². The number of anilines is 4. The minimum Gasteiger partial charge on any atom is -0.495 e. The zero-order valence-corrected chi connectivity index (χ0v) is 21.3. The summed E-state index contributed by atoms with van der Waals surface area (Å²) in [5, 5.41) is 6.39. The lowest BCUT2D eigenvalue weighted by molar-refractivity contribution is 0.100. The highest BCUT2D eigenvalue weighted by Gasteiger charge is 2.19. The molecule has 0 bridgehead atoms. The maximum Gasteiger partial charge on any atom is 0.250 e. The molecule has 0 saturated heterocycles. The van der Waals surface area contributed by atoms with Crippen molar-refractivity contribution in [1.29, 1.82) is 0 Å². The predicted octanol–water partition coefficient (Wildman–Crippen LogP) is 5.14. The van der Waals surface area contributed by atoms with Crippen LogP contribution in [0.4, 0.5) is 27.5 Å². The molecule has 0 aromatic heterocycles. The van der Waals surface area contributed by atoms with E-state index < -0.39 is 11.7 Å². The molecule has 5 N–H and O–H groups in total. The lowest BCUT2D eigenvalue weighted by Crippen LogP contribution is -2.30. The quantitative estimate of drug-likeness (QED) is 0.243. The van der Waals surface area contributed by atoms with Gasteiger partial charge in [-0.3, -0.25) is 9.69 Å². The normalized spacial score (nSPS) is 13.8. The second-order valence-corrected chi connectivity index (χ2v) is 9.15. The molecular formula is C28H30FN7O2. The number of hydrogen-bond acceptors (Lipinski definition) is 7. The molecule has 9 nitrogen and oxygen atoms in total. The molecule has 0 unspecified atom stereocenters. The van der Waals surface area contributed by atoms with Gasteiger partial charge in [0.05, 0.1) is 29.6 Å². The van der Waals surface area contributed by atoms with Gasteiger partial charge in [0, 0.05) is 19.3 Å². The average Bonchev–Trinajstić information content (AvgIpc) is 3.39. The average molecular weight is 516 g/mol. The largest absolute Gasteiger partial charge is 0.495 e. The summed E-state index contributed by atoms with van der Waals surface area (Å²) >= 11 is 0. The highest BCUT2D eigenvalue weighted by Crippen LogP contribution is 2.35. The first kappa shape index (κ1) is 25.2. The Hall–Kier alpha value is -4.44. The summed E-state index contributed by atoms with van der Waals surface area (Å²) in [4.78, 5) is 26.6.